The molecule has 1 aromatic rings. The molecule has 1 aromatic carbocycles. The molecule has 0 spiro atoms. The van der Waals surface area contributed by atoms with E-state index in [1.807, 2.05) is 0 Å². The molecule has 0 radical (unpaired) electrons. The molecule has 9 heteroatoms. The van der Waals surface area contributed by atoms with Crippen molar-refractivity contribution in [3.8, 4) is 11.5 Å². The Morgan fingerprint density at radius 1 is 1.21 bits per heavy atom. The number of methoxy groups -OCH3 is 1. The second kappa shape index (κ2) is 5.66. The minimum Gasteiger partial charge on any atom is -0.506 e. The molecular weight excluding hydrogens is 294 g/mol. The van der Waals surface area contributed by atoms with Gasteiger partial charge in [-0.25, -0.2) is 16.8 Å². The highest BCUT2D eigenvalue weighted by Crippen LogP contribution is 2.28. The first-order chi connectivity index (χ1) is 8.63. The van der Waals surface area contributed by atoms with Gasteiger partial charge >= 0.3 is 0 Å². The molecule has 0 amide bonds. The first-order valence-electron chi connectivity index (χ1n) is 5.18. The highest BCUT2D eigenvalue weighted by molar-refractivity contribution is 7.95. The van der Waals surface area contributed by atoms with Gasteiger partial charge in [0.25, 0.3) is 0 Å². The minimum absolute atomic E-state index is 0.0622. The number of hydrogen-bond acceptors (Lipinski definition) is 6. The van der Waals surface area contributed by atoms with Gasteiger partial charge in [-0.3, -0.25) is 4.72 Å². The SMILES string of the molecule is COc1ccc(O)c(NS(=O)(=O)CCS(C)(=O)=O)c1. The lowest BCUT2D eigenvalue weighted by molar-refractivity contribution is 0.413. The number of phenolic OH excluding ortho intramolecular Hbond substituents is 1. The fraction of sp³-hybridized carbons (Fsp3) is 0.400. The summed E-state index contributed by atoms with van der Waals surface area (Å²) in [4.78, 5) is 0. The fourth-order valence-electron chi connectivity index (χ4n) is 1.20. The third kappa shape index (κ3) is 5.35. The number of sulfone groups is 1. The lowest BCUT2D eigenvalue weighted by Gasteiger charge is -2.10. The van der Waals surface area contributed by atoms with Crippen molar-refractivity contribution in [2.75, 3.05) is 29.6 Å². The van der Waals surface area contributed by atoms with Crippen LogP contribution in [-0.4, -0.2) is 46.8 Å². The Labute approximate surface area is 112 Å². The molecule has 0 saturated carbocycles. The van der Waals surface area contributed by atoms with E-state index in [2.05, 4.69) is 4.72 Å². The number of anilines is 1. The van der Waals surface area contributed by atoms with Gasteiger partial charge in [0, 0.05) is 12.3 Å². The Kier molecular flexibility index (Phi) is 4.64. The number of hydrogen-bond donors (Lipinski definition) is 2. The van der Waals surface area contributed by atoms with E-state index in [4.69, 9.17) is 4.74 Å². The van der Waals surface area contributed by atoms with Gasteiger partial charge in [0.2, 0.25) is 10.0 Å². The van der Waals surface area contributed by atoms with Gasteiger partial charge in [-0.05, 0) is 12.1 Å². The molecule has 108 valence electrons. The van der Waals surface area contributed by atoms with E-state index in [0.717, 1.165) is 6.26 Å². The summed E-state index contributed by atoms with van der Waals surface area (Å²) in [5, 5.41) is 9.52. The molecule has 19 heavy (non-hydrogen) atoms. The first-order valence-corrected chi connectivity index (χ1v) is 8.89. The maximum atomic E-state index is 11.7. The number of benzene rings is 1. The van der Waals surface area contributed by atoms with Crippen LogP contribution in [0, 0.1) is 0 Å². The number of rotatable bonds is 6. The number of sulfonamides is 1. The van der Waals surface area contributed by atoms with Gasteiger partial charge < -0.3 is 9.84 Å². The van der Waals surface area contributed by atoms with E-state index in [1.54, 1.807) is 0 Å². The molecule has 7 nitrogen and oxygen atoms in total. The maximum absolute atomic E-state index is 11.7. The molecule has 0 saturated heterocycles. The number of nitrogens with one attached hydrogen (secondary N) is 1. The van der Waals surface area contributed by atoms with E-state index in [9.17, 15) is 21.9 Å². The maximum Gasteiger partial charge on any atom is 0.233 e. The highest BCUT2D eigenvalue weighted by Gasteiger charge is 2.16. The number of phenols is 1. The van der Waals surface area contributed by atoms with E-state index in [0.29, 0.717) is 5.75 Å². The van der Waals surface area contributed by atoms with Crippen molar-refractivity contribution in [2.24, 2.45) is 0 Å². The average molecular weight is 309 g/mol. The Morgan fingerprint density at radius 2 is 1.84 bits per heavy atom. The molecular formula is C10H15NO6S2. The van der Waals surface area contributed by atoms with Crippen LogP contribution in [0.5, 0.6) is 11.5 Å². The average Bonchev–Trinajstić information content (AvgIpc) is 2.29. The van der Waals surface area contributed by atoms with Crippen molar-refractivity contribution in [2.45, 2.75) is 0 Å². The van der Waals surface area contributed by atoms with Crippen LogP contribution < -0.4 is 9.46 Å². The Hall–Kier alpha value is -1.48. The first kappa shape index (κ1) is 15.6. The van der Waals surface area contributed by atoms with E-state index >= 15 is 0 Å². The van der Waals surface area contributed by atoms with E-state index in [-0.39, 0.29) is 11.4 Å². The molecule has 1 rings (SSSR count). The van der Waals surface area contributed by atoms with Crippen LogP contribution in [0.1, 0.15) is 0 Å². The predicted octanol–water partition coefficient (Wildman–Crippen LogP) is 0.187. The molecule has 0 fully saturated rings. The number of ether oxygens (including phenoxy) is 1. The smallest absolute Gasteiger partial charge is 0.233 e. The quantitative estimate of drug-likeness (QED) is 0.726. The van der Waals surface area contributed by atoms with Crippen LogP contribution in [0.15, 0.2) is 18.2 Å². The monoisotopic (exact) mass is 309 g/mol. The fourth-order valence-corrected chi connectivity index (χ4v) is 3.89. The standard InChI is InChI=1S/C10H15NO6S2/c1-17-8-3-4-10(12)9(7-8)11-19(15,16)6-5-18(2,13)14/h3-4,7,11-12H,5-6H2,1-2H3. The van der Waals surface area contributed by atoms with Crippen LogP contribution >= 0.6 is 0 Å². The van der Waals surface area contributed by atoms with Gasteiger partial charge in [-0.1, -0.05) is 0 Å². The zero-order valence-corrected chi connectivity index (χ0v) is 12.1. The van der Waals surface area contributed by atoms with Crippen LogP contribution in [0.3, 0.4) is 0 Å². The van der Waals surface area contributed by atoms with Crippen LogP contribution in [0.2, 0.25) is 0 Å². The molecule has 0 heterocycles. The number of aromatic hydroxyl groups is 1. The van der Waals surface area contributed by atoms with Crippen LogP contribution in [-0.2, 0) is 19.9 Å². The molecule has 0 aliphatic rings. The third-order valence-corrected chi connectivity index (χ3v) is 4.67. The molecule has 0 atom stereocenters. The Balaban J connectivity index is 2.89. The molecule has 0 aromatic heterocycles. The van der Waals surface area contributed by atoms with Crippen molar-refractivity contribution < 1.29 is 26.7 Å². The summed E-state index contributed by atoms with van der Waals surface area (Å²) in [7, 11) is -5.84. The Bertz CT molecular complexity index is 651. The van der Waals surface area contributed by atoms with Crippen molar-refractivity contribution in [3.63, 3.8) is 0 Å². The lowest BCUT2D eigenvalue weighted by atomic mass is 10.3. The summed E-state index contributed by atoms with van der Waals surface area (Å²) in [6.45, 7) is 0. The van der Waals surface area contributed by atoms with Crippen molar-refractivity contribution >= 4 is 25.5 Å². The summed E-state index contributed by atoms with van der Waals surface area (Å²) in [6, 6.07) is 4.03. The summed E-state index contributed by atoms with van der Waals surface area (Å²) >= 11 is 0. The minimum atomic E-state index is -3.86. The van der Waals surface area contributed by atoms with E-state index < -0.39 is 31.4 Å². The third-order valence-electron chi connectivity index (χ3n) is 2.19. The predicted molar refractivity (Wildman–Crippen MR) is 71.8 cm³/mol. The molecule has 0 aliphatic heterocycles. The molecule has 0 bridgehead atoms. The van der Waals surface area contributed by atoms with Crippen molar-refractivity contribution in [1.82, 2.24) is 0 Å². The normalized spacial score (nSPS) is 12.1. The topological polar surface area (TPSA) is 110 Å². The molecule has 0 aliphatic carbocycles. The second-order valence-electron chi connectivity index (χ2n) is 3.93. The van der Waals surface area contributed by atoms with Crippen molar-refractivity contribution in [1.29, 1.82) is 0 Å². The van der Waals surface area contributed by atoms with Gasteiger partial charge in [-0.2, -0.15) is 0 Å². The molecule has 2 N–H and O–H groups in total. The summed E-state index contributed by atoms with van der Waals surface area (Å²) in [5.74, 6) is -0.988. The zero-order valence-electron chi connectivity index (χ0n) is 10.5. The van der Waals surface area contributed by atoms with Crippen LogP contribution in [0.25, 0.3) is 0 Å². The second-order valence-corrected chi connectivity index (χ2v) is 8.04. The van der Waals surface area contributed by atoms with Gasteiger partial charge in [0.15, 0.2) is 0 Å². The van der Waals surface area contributed by atoms with Gasteiger partial charge in [0.1, 0.15) is 21.3 Å². The molecule has 0 unspecified atom stereocenters. The summed E-state index contributed by atoms with van der Waals surface area (Å²) < 4.78 is 52.2. The largest absolute Gasteiger partial charge is 0.506 e. The highest BCUT2D eigenvalue weighted by atomic mass is 32.2. The van der Waals surface area contributed by atoms with Gasteiger partial charge in [0.05, 0.1) is 24.3 Å². The summed E-state index contributed by atoms with van der Waals surface area (Å²) in [5.41, 5.74) is -0.0622. The zero-order chi connectivity index (χ0) is 14.7. The summed E-state index contributed by atoms with van der Waals surface area (Å²) in [6.07, 6.45) is 0.950. The van der Waals surface area contributed by atoms with Gasteiger partial charge in [-0.15, -0.1) is 0 Å². The van der Waals surface area contributed by atoms with Crippen molar-refractivity contribution in [3.05, 3.63) is 18.2 Å². The lowest BCUT2D eigenvalue weighted by Crippen LogP contribution is -2.22. The van der Waals surface area contributed by atoms with Crippen LogP contribution in [0.4, 0.5) is 5.69 Å². The van der Waals surface area contributed by atoms with E-state index in [1.165, 1.54) is 25.3 Å². The Morgan fingerprint density at radius 3 is 2.37 bits per heavy atom.